The minimum absolute atomic E-state index is 0.0502. The van der Waals surface area contributed by atoms with Crippen LogP contribution in [0.5, 0.6) is 0 Å². The van der Waals surface area contributed by atoms with Gasteiger partial charge in [-0.05, 0) is 42.7 Å². The van der Waals surface area contributed by atoms with Crippen molar-refractivity contribution in [2.45, 2.75) is 44.9 Å². The molecule has 1 fully saturated rings. The third-order valence-corrected chi connectivity index (χ3v) is 5.97. The number of Topliss-reactive ketones (excluding diaryl/α,β-unsaturated/α-hetero) is 1. The van der Waals surface area contributed by atoms with E-state index in [1.807, 2.05) is 0 Å². The van der Waals surface area contributed by atoms with Crippen molar-refractivity contribution in [2.75, 3.05) is 37.4 Å². The number of hydrogen-bond acceptors (Lipinski definition) is 8. The summed E-state index contributed by atoms with van der Waals surface area (Å²) in [4.78, 5) is 71.3. The number of amides is 4. The second-order valence-corrected chi connectivity index (χ2v) is 9.12. The van der Waals surface area contributed by atoms with E-state index in [1.165, 1.54) is 4.90 Å². The smallest absolute Gasteiger partial charge is 0.306 e. The van der Waals surface area contributed by atoms with Crippen LogP contribution in [0.25, 0.3) is 0 Å². The molecule has 2 rings (SSSR count). The Balaban J connectivity index is 1.58. The Labute approximate surface area is 220 Å². The van der Waals surface area contributed by atoms with Crippen molar-refractivity contribution in [1.29, 1.82) is 0 Å². The van der Waals surface area contributed by atoms with Gasteiger partial charge < -0.3 is 20.5 Å². The van der Waals surface area contributed by atoms with Crippen LogP contribution in [-0.2, 0) is 39.9 Å². The summed E-state index contributed by atoms with van der Waals surface area (Å²) in [6.45, 7) is 0.0514. The number of ether oxygens (including phenoxy) is 1. The van der Waals surface area contributed by atoms with Gasteiger partial charge in [-0.1, -0.05) is 12.1 Å². The summed E-state index contributed by atoms with van der Waals surface area (Å²) in [6, 6.07) is 6.94. The Morgan fingerprint density at radius 2 is 1.76 bits per heavy atom. The molecular weight excluding hydrogens is 502 g/mol. The zero-order chi connectivity index (χ0) is 27.2. The van der Waals surface area contributed by atoms with Gasteiger partial charge in [0.1, 0.15) is 19.0 Å². The minimum Gasteiger partial charge on any atom is -0.481 e. The van der Waals surface area contributed by atoms with Gasteiger partial charge in [0.15, 0.2) is 0 Å². The molecule has 11 nitrogen and oxygen atoms in total. The summed E-state index contributed by atoms with van der Waals surface area (Å²) in [6.07, 6.45) is 1.97. The van der Waals surface area contributed by atoms with Gasteiger partial charge in [-0.2, -0.15) is 12.6 Å². The maximum absolute atomic E-state index is 12.0. The van der Waals surface area contributed by atoms with Gasteiger partial charge >= 0.3 is 5.97 Å². The van der Waals surface area contributed by atoms with Crippen molar-refractivity contribution in [2.24, 2.45) is 5.92 Å². The number of aliphatic carboxylic acids is 1. The first kappa shape index (κ1) is 30.0. The number of β-lactam (4-membered cyclic amide) rings is 1. The Bertz CT molecular complexity index is 983. The molecule has 1 aromatic rings. The predicted molar refractivity (Wildman–Crippen MR) is 137 cm³/mol. The fourth-order valence-electron chi connectivity index (χ4n) is 3.59. The Morgan fingerprint density at radius 1 is 1.05 bits per heavy atom. The fraction of sp³-hybridized carbons (Fsp3) is 0.520. The Hall–Kier alpha value is -3.25. The molecule has 1 aromatic carbocycles. The molecule has 1 saturated heterocycles. The lowest BCUT2D eigenvalue weighted by atomic mass is 9.96. The highest BCUT2D eigenvalue weighted by Gasteiger charge is 2.29. The van der Waals surface area contributed by atoms with E-state index in [1.54, 1.807) is 24.3 Å². The molecule has 1 aliphatic heterocycles. The van der Waals surface area contributed by atoms with Gasteiger partial charge in [-0.3, -0.25) is 33.7 Å². The molecule has 1 unspecified atom stereocenters. The lowest BCUT2D eigenvalue weighted by Gasteiger charge is -2.28. The third kappa shape index (κ3) is 11.1. The van der Waals surface area contributed by atoms with Gasteiger partial charge in [-0.25, -0.2) is 0 Å². The van der Waals surface area contributed by atoms with Gasteiger partial charge in [0.2, 0.25) is 23.6 Å². The second-order valence-electron chi connectivity index (χ2n) is 8.67. The summed E-state index contributed by atoms with van der Waals surface area (Å²) in [5.41, 5.74) is 1.43. The number of anilines is 1. The van der Waals surface area contributed by atoms with Crippen molar-refractivity contribution in [3.63, 3.8) is 0 Å². The first-order valence-corrected chi connectivity index (χ1v) is 12.7. The molecule has 0 radical (unpaired) electrons. The highest BCUT2D eigenvalue weighted by molar-refractivity contribution is 7.80. The third-order valence-electron chi connectivity index (χ3n) is 5.75. The Kier molecular flexibility index (Phi) is 12.8. The van der Waals surface area contributed by atoms with Crippen molar-refractivity contribution >= 4 is 53.7 Å². The number of thiol groups is 1. The van der Waals surface area contributed by atoms with E-state index < -0.39 is 23.7 Å². The van der Waals surface area contributed by atoms with E-state index in [0.29, 0.717) is 37.2 Å². The number of likely N-dealkylation sites (tertiary alicyclic amines) is 1. The van der Waals surface area contributed by atoms with E-state index in [9.17, 15) is 33.9 Å². The largest absolute Gasteiger partial charge is 0.481 e. The quantitative estimate of drug-likeness (QED) is 0.132. The van der Waals surface area contributed by atoms with Crippen LogP contribution in [0.4, 0.5) is 5.69 Å². The highest BCUT2D eigenvalue weighted by Crippen LogP contribution is 2.15. The van der Waals surface area contributed by atoms with Crippen LogP contribution in [-0.4, -0.2) is 77.4 Å². The molecule has 12 heteroatoms. The van der Waals surface area contributed by atoms with Crippen LogP contribution in [0.1, 0.15) is 44.1 Å². The molecule has 3 N–H and O–H groups in total. The van der Waals surface area contributed by atoms with Crippen LogP contribution >= 0.6 is 12.6 Å². The Morgan fingerprint density at radius 3 is 2.35 bits per heavy atom. The molecule has 1 atom stereocenters. The minimum atomic E-state index is -1.04. The van der Waals surface area contributed by atoms with Gasteiger partial charge in [0.05, 0.1) is 5.92 Å². The van der Waals surface area contributed by atoms with Crippen molar-refractivity contribution in [3.8, 4) is 0 Å². The summed E-state index contributed by atoms with van der Waals surface area (Å²) < 4.78 is 5.12. The lowest BCUT2D eigenvalue weighted by Crippen LogP contribution is -2.47. The van der Waals surface area contributed by atoms with Gasteiger partial charge in [-0.15, -0.1) is 0 Å². The fourth-order valence-corrected chi connectivity index (χ4v) is 3.84. The molecule has 202 valence electrons. The van der Waals surface area contributed by atoms with Crippen LogP contribution in [0.15, 0.2) is 24.3 Å². The monoisotopic (exact) mass is 535 g/mol. The van der Waals surface area contributed by atoms with Crippen LogP contribution < -0.4 is 10.6 Å². The number of hydrogen-bond donors (Lipinski definition) is 4. The average molecular weight is 536 g/mol. The van der Waals surface area contributed by atoms with Crippen molar-refractivity contribution < 1.29 is 38.6 Å². The molecule has 0 aliphatic carbocycles. The summed E-state index contributed by atoms with van der Waals surface area (Å²) in [5.74, 6) is -2.82. The number of nitrogens with zero attached hydrogens (tertiary/aromatic N) is 1. The number of ketones is 1. The average Bonchev–Trinajstić information content (AvgIpc) is 2.84. The number of imide groups is 1. The van der Waals surface area contributed by atoms with E-state index in [2.05, 4.69) is 23.3 Å². The first-order valence-electron chi connectivity index (χ1n) is 12.1. The number of carboxylic acid groups (broad SMARTS) is 1. The van der Waals surface area contributed by atoms with Crippen molar-refractivity contribution in [1.82, 2.24) is 10.2 Å². The maximum atomic E-state index is 12.0. The lowest BCUT2D eigenvalue weighted by molar-refractivity contribution is -0.152. The molecule has 0 bridgehead atoms. The van der Waals surface area contributed by atoms with Crippen molar-refractivity contribution in [3.05, 3.63) is 29.8 Å². The van der Waals surface area contributed by atoms with E-state index in [-0.39, 0.29) is 63.0 Å². The van der Waals surface area contributed by atoms with Crippen LogP contribution in [0.2, 0.25) is 0 Å². The summed E-state index contributed by atoms with van der Waals surface area (Å²) >= 11 is 3.96. The zero-order valence-corrected chi connectivity index (χ0v) is 21.5. The number of aryl methyl sites for hydroxylation is 1. The molecule has 0 saturated carbocycles. The first-order chi connectivity index (χ1) is 17.7. The van der Waals surface area contributed by atoms with Crippen LogP contribution in [0.3, 0.4) is 0 Å². The van der Waals surface area contributed by atoms with E-state index in [4.69, 9.17) is 4.74 Å². The topological polar surface area (TPSA) is 159 Å². The summed E-state index contributed by atoms with van der Waals surface area (Å²) in [5, 5.41) is 14.5. The molecule has 1 aliphatic rings. The molecule has 1 heterocycles. The number of nitrogens with one attached hydrogen (secondary N) is 2. The number of carboxylic acids is 1. The van der Waals surface area contributed by atoms with E-state index in [0.717, 1.165) is 5.56 Å². The van der Waals surface area contributed by atoms with Gasteiger partial charge in [0.25, 0.3) is 0 Å². The number of carbonyl (C=O) groups is 6. The summed E-state index contributed by atoms with van der Waals surface area (Å²) in [7, 11) is 0. The van der Waals surface area contributed by atoms with E-state index >= 15 is 0 Å². The number of benzene rings is 1. The standard InChI is InChI=1S/C25H33N3O8S/c29-20(10-13-37)14-18(25(34)35)2-1-11-26-21(30)15-36-16-22(31)27-19-6-3-17(4-7-19)5-8-23(32)28-12-9-24(28)33/h3-4,6-7,18,37H,1-2,5,8-16H2,(H,26,30)(H,27,31)(H,34,35). The molecule has 4 amide bonds. The second kappa shape index (κ2) is 15.8. The maximum Gasteiger partial charge on any atom is 0.306 e. The predicted octanol–water partition coefficient (Wildman–Crippen LogP) is 1.21. The molecule has 0 aromatic heterocycles. The molecule has 37 heavy (non-hydrogen) atoms. The molecule has 0 spiro atoms. The number of carbonyl (C=O) groups excluding carboxylic acids is 5. The van der Waals surface area contributed by atoms with Crippen LogP contribution in [0, 0.1) is 5.92 Å². The zero-order valence-electron chi connectivity index (χ0n) is 20.6. The SMILES string of the molecule is O=C(CCS)CC(CCCNC(=O)COCC(=O)Nc1ccc(CCC(=O)N2CCC2=O)cc1)C(=O)O. The molecular formula is C25H33N3O8S. The highest BCUT2D eigenvalue weighted by atomic mass is 32.1. The normalized spacial score (nSPS) is 13.4. The van der Waals surface area contributed by atoms with Gasteiger partial charge in [0, 0.05) is 44.5 Å². The number of rotatable bonds is 17.